The number of carbonyl (C=O) groups excluding carboxylic acids is 1. The van der Waals surface area contributed by atoms with Gasteiger partial charge in [0.2, 0.25) is 0 Å². The van der Waals surface area contributed by atoms with Crippen molar-refractivity contribution in [3.63, 3.8) is 0 Å². The van der Waals surface area contributed by atoms with Crippen LogP contribution in [0.5, 0.6) is 0 Å². The van der Waals surface area contributed by atoms with Crippen LogP contribution in [0.2, 0.25) is 0 Å². The topological polar surface area (TPSA) is 58.6 Å². The van der Waals surface area contributed by atoms with E-state index in [1.165, 1.54) is 6.07 Å². The summed E-state index contributed by atoms with van der Waals surface area (Å²) in [7, 11) is 0. The molecule has 0 aliphatic carbocycles. The quantitative estimate of drug-likeness (QED) is 0.868. The molecule has 0 saturated carbocycles. The van der Waals surface area contributed by atoms with Crippen LogP contribution in [0.15, 0.2) is 16.6 Å². The van der Waals surface area contributed by atoms with Crippen molar-refractivity contribution in [1.29, 1.82) is 0 Å². The zero-order valence-electron chi connectivity index (χ0n) is 10.5. The molecular formula is C13H15BrFNO3. The van der Waals surface area contributed by atoms with Crippen LogP contribution in [-0.4, -0.2) is 36.4 Å². The number of rotatable bonds is 2. The maximum atomic E-state index is 13.8. The molecule has 1 aromatic carbocycles. The first-order valence-electron chi connectivity index (χ1n) is 6.02. The molecule has 1 fully saturated rings. The van der Waals surface area contributed by atoms with Gasteiger partial charge in [-0.15, -0.1) is 0 Å². The van der Waals surface area contributed by atoms with Crippen LogP contribution in [0.4, 0.5) is 4.39 Å². The molecule has 2 N–H and O–H groups in total. The maximum Gasteiger partial charge on any atom is 0.254 e. The van der Waals surface area contributed by atoms with Gasteiger partial charge < -0.3 is 15.2 Å². The number of ether oxygens (including phenoxy) is 1. The number of carbonyl (C=O) groups is 1. The SMILES string of the molecule is Cc1c(Br)ccc(F)c1C(=O)N[C@@H]1CCOC[C@H]1O. The number of aliphatic hydroxyl groups is 1. The van der Waals surface area contributed by atoms with Crippen LogP contribution in [0.3, 0.4) is 0 Å². The number of benzene rings is 1. The Kier molecular flexibility index (Phi) is 4.54. The predicted octanol–water partition coefficient (Wildman–Crippen LogP) is 1.78. The second-order valence-corrected chi connectivity index (χ2v) is 5.39. The summed E-state index contributed by atoms with van der Waals surface area (Å²) in [5.41, 5.74) is 0.548. The van der Waals surface area contributed by atoms with Gasteiger partial charge in [-0.25, -0.2) is 4.39 Å². The van der Waals surface area contributed by atoms with Gasteiger partial charge in [0.1, 0.15) is 5.82 Å². The van der Waals surface area contributed by atoms with E-state index in [1.54, 1.807) is 13.0 Å². The van der Waals surface area contributed by atoms with Gasteiger partial charge in [-0.05, 0) is 31.0 Å². The fraction of sp³-hybridized carbons (Fsp3) is 0.462. The summed E-state index contributed by atoms with van der Waals surface area (Å²) in [6.45, 7) is 2.33. The van der Waals surface area contributed by atoms with E-state index < -0.39 is 23.9 Å². The van der Waals surface area contributed by atoms with Gasteiger partial charge in [0.05, 0.1) is 24.3 Å². The van der Waals surface area contributed by atoms with E-state index in [9.17, 15) is 14.3 Å². The number of halogens is 2. The number of hydrogen-bond donors (Lipinski definition) is 2. The van der Waals surface area contributed by atoms with Crippen molar-refractivity contribution >= 4 is 21.8 Å². The first-order chi connectivity index (χ1) is 9.00. The van der Waals surface area contributed by atoms with Gasteiger partial charge in [-0.3, -0.25) is 4.79 Å². The Morgan fingerprint density at radius 3 is 3.00 bits per heavy atom. The molecule has 1 amide bonds. The van der Waals surface area contributed by atoms with Crippen molar-refractivity contribution < 1.29 is 19.0 Å². The molecule has 1 aliphatic heterocycles. The number of aliphatic hydroxyl groups excluding tert-OH is 1. The highest BCUT2D eigenvalue weighted by molar-refractivity contribution is 9.10. The zero-order chi connectivity index (χ0) is 14.0. The van der Waals surface area contributed by atoms with Crippen LogP contribution in [-0.2, 0) is 4.74 Å². The molecule has 1 aromatic rings. The van der Waals surface area contributed by atoms with Crippen LogP contribution < -0.4 is 5.32 Å². The summed E-state index contributed by atoms with van der Waals surface area (Å²) < 4.78 is 19.5. The molecule has 0 radical (unpaired) electrons. The van der Waals surface area contributed by atoms with E-state index in [0.29, 0.717) is 23.1 Å². The molecule has 0 unspecified atom stereocenters. The molecule has 0 spiro atoms. The van der Waals surface area contributed by atoms with Crippen LogP contribution in [0.1, 0.15) is 22.3 Å². The summed E-state index contributed by atoms with van der Waals surface area (Å²) in [6.07, 6.45) is -0.241. The van der Waals surface area contributed by atoms with Gasteiger partial charge in [-0.1, -0.05) is 15.9 Å². The minimum absolute atomic E-state index is 0.00747. The van der Waals surface area contributed by atoms with Crippen molar-refractivity contribution in [3.8, 4) is 0 Å². The highest BCUT2D eigenvalue weighted by Gasteiger charge is 2.27. The predicted molar refractivity (Wildman–Crippen MR) is 71.5 cm³/mol. The Balaban J connectivity index is 2.18. The Labute approximate surface area is 119 Å². The maximum absolute atomic E-state index is 13.8. The fourth-order valence-electron chi connectivity index (χ4n) is 2.06. The van der Waals surface area contributed by atoms with E-state index in [4.69, 9.17) is 4.74 Å². The van der Waals surface area contributed by atoms with Crippen molar-refractivity contribution in [1.82, 2.24) is 5.32 Å². The van der Waals surface area contributed by atoms with Gasteiger partial charge >= 0.3 is 0 Å². The normalized spacial score (nSPS) is 23.2. The van der Waals surface area contributed by atoms with E-state index in [1.807, 2.05) is 0 Å². The second-order valence-electron chi connectivity index (χ2n) is 4.54. The zero-order valence-corrected chi connectivity index (χ0v) is 12.0. The summed E-state index contributed by atoms with van der Waals surface area (Å²) in [4.78, 5) is 12.1. The summed E-state index contributed by atoms with van der Waals surface area (Å²) >= 11 is 3.27. The van der Waals surface area contributed by atoms with Gasteiger partial charge in [0, 0.05) is 11.1 Å². The largest absolute Gasteiger partial charge is 0.389 e. The average molecular weight is 332 g/mol. The van der Waals surface area contributed by atoms with Crippen LogP contribution >= 0.6 is 15.9 Å². The molecule has 4 nitrogen and oxygen atoms in total. The lowest BCUT2D eigenvalue weighted by Gasteiger charge is -2.28. The van der Waals surface area contributed by atoms with E-state index in [2.05, 4.69) is 21.2 Å². The molecule has 2 rings (SSSR count). The lowest BCUT2D eigenvalue weighted by atomic mass is 10.0. The first-order valence-corrected chi connectivity index (χ1v) is 6.81. The molecule has 0 aromatic heterocycles. The smallest absolute Gasteiger partial charge is 0.254 e. The number of hydrogen-bond acceptors (Lipinski definition) is 3. The van der Waals surface area contributed by atoms with Crippen molar-refractivity contribution in [3.05, 3.63) is 33.5 Å². The third-order valence-electron chi connectivity index (χ3n) is 3.22. The highest BCUT2D eigenvalue weighted by Crippen LogP contribution is 2.22. The summed E-state index contributed by atoms with van der Waals surface area (Å²) in [5, 5.41) is 12.4. The first kappa shape index (κ1) is 14.4. The third kappa shape index (κ3) is 3.13. The van der Waals surface area contributed by atoms with Gasteiger partial charge in [0.25, 0.3) is 5.91 Å². The Bertz CT molecular complexity index is 495. The minimum atomic E-state index is -0.756. The fourth-order valence-corrected chi connectivity index (χ4v) is 2.39. The summed E-state index contributed by atoms with van der Waals surface area (Å²) in [6, 6.07) is 2.40. The molecular weight excluding hydrogens is 317 g/mol. The Morgan fingerprint density at radius 1 is 1.58 bits per heavy atom. The molecule has 0 bridgehead atoms. The summed E-state index contributed by atoms with van der Waals surface area (Å²) in [5.74, 6) is -1.08. The van der Waals surface area contributed by atoms with Crippen molar-refractivity contribution in [2.45, 2.75) is 25.5 Å². The van der Waals surface area contributed by atoms with E-state index in [0.717, 1.165) is 0 Å². The van der Waals surface area contributed by atoms with Crippen molar-refractivity contribution in [2.75, 3.05) is 13.2 Å². The monoisotopic (exact) mass is 331 g/mol. The molecule has 104 valence electrons. The van der Waals surface area contributed by atoms with Crippen molar-refractivity contribution in [2.24, 2.45) is 0 Å². The average Bonchev–Trinajstić information content (AvgIpc) is 2.37. The number of amides is 1. The molecule has 19 heavy (non-hydrogen) atoms. The Morgan fingerprint density at radius 2 is 2.32 bits per heavy atom. The third-order valence-corrected chi connectivity index (χ3v) is 4.08. The number of nitrogens with one attached hydrogen (secondary N) is 1. The molecule has 1 heterocycles. The standard InChI is InChI=1S/C13H15BrFNO3/c1-7-8(14)2-3-9(15)12(7)13(18)16-10-4-5-19-6-11(10)17/h2-3,10-11,17H,4-6H2,1H3,(H,16,18)/t10-,11-/m1/s1. The lowest BCUT2D eigenvalue weighted by molar-refractivity contribution is -0.0261. The molecule has 1 aliphatic rings. The highest BCUT2D eigenvalue weighted by atomic mass is 79.9. The van der Waals surface area contributed by atoms with E-state index in [-0.39, 0.29) is 12.2 Å². The van der Waals surface area contributed by atoms with Crippen LogP contribution in [0, 0.1) is 12.7 Å². The van der Waals surface area contributed by atoms with Crippen LogP contribution in [0.25, 0.3) is 0 Å². The molecule has 1 saturated heterocycles. The van der Waals surface area contributed by atoms with E-state index >= 15 is 0 Å². The molecule has 2 atom stereocenters. The minimum Gasteiger partial charge on any atom is -0.389 e. The van der Waals surface area contributed by atoms with Gasteiger partial charge in [-0.2, -0.15) is 0 Å². The second kappa shape index (κ2) is 5.98. The molecule has 6 heteroatoms. The van der Waals surface area contributed by atoms with Gasteiger partial charge in [0.15, 0.2) is 0 Å². The lowest BCUT2D eigenvalue weighted by Crippen LogP contribution is -2.49. The Hall–Kier alpha value is -0.980.